The molecule has 0 fully saturated rings. The molecule has 0 amide bonds. The standard InChI is InChI=1S/C12H10O2.C8H18/c13-11-8-4-5-9-12(11)14-10-6-2-1-3-7-10;1-3-5-7-8-6-4-2/h1-9,13H;3-8H2,1-2H3. The van der Waals surface area contributed by atoms with Crippen LogP contribution in [0.5, 0.6) is 17.2 Å². The van der Waals surface area contributed by atoms with Crippen LogP contribution in [0, 0.1) is 0 Å². The maximum absolute atomic E-state index is 9.45. The van der Waals surface area contributed by atoms with Crippen LogP contribution >= 0.6 is 0 Å². The van der Waals surface area contributed by atoms with Gasteiger partial charge in [-0.2, -0.15) is 0 Å². The van der Waals surface area contributed by atoms with Crippen molar-refractivity contribution in [2.75, 3.05) is 0 Å². The molecule has 0 aliphatic rings. The first-order valence-corrected chi connectivity index (χ1v) is 8.28. The summed E-state index contributed by atoms with van der Waals surface area (Å²) in [5.74, 6) is 1.34. The van der Waals surface area contributed by atoms with Crippen molar-refractivity contribution < 1.29 is 9.84 Å². The first kappa shape index (κ1) is 18.1. The van der Waals surface area contributed by atoms with Gasteiger partial charge < -0.3 is 9.84 Å². The first-order chi connectivity index (χ1) is 10.8. The smallest absolute Gasteiger partial charge is 0.169 e. The van der Waals surface area contributed by atoms with Gasteiger partial charge in [0.2, 0.25) is 0 Å². The first-order valence-electron chi connectivity index (χ1n) is 8.28. The lowest BCUT2D eigenvalue weighted by Gasteiger charge is -2.06. The third-order valence-corrected chi connectivity index (χ3v) is 3.29. The topological polar surface area (TPSA) is 29.5 Å². The quantitative estimate of drug-likeness (QED) is 0.587. The van der Waals surface area contributed by atoms with Crippen molar-refractivity contribution in [3.8, 4) is 17.2 Å². The highest BCUT2D eigenvalue weighted by atomic mass is 16.5. The number of unbranched alkanes of at least 4 members (excludes halogenated alkanes) is 5. The lowest BCUT2D eigenvalue weighted by atomic mass is 10.1. The van der Waals surface area contributed by atoms with Crippen molar-refractivity contribution in [2.24, 2.45) is 0 Å². The summed E-state index contributed by atoms with van der Waals surface area (Å²) in [6, 6.07) is 16.3. The molecule has 0 aromatic heterocycles. The van der Waals surface area contributed by atoms with Gasteiger partial charge in [-0.05, 0) is 24.3 Å². The molecule has 120 valence electrons. The maximum Gasteiger partial charge on any atom is 0.169 e. The summed E-state index contributed by atoms with van der Waals surface area (Å²) in [4.78, 5) is 0. The molecular formula is C20H28O2. The van der Waals surface area contributed by atoms with E-state index in [4.69, 9.17) is 4.74 Å². The van der Waals surface area contributed by atoms with Gasteiger partial charge in [-0.15, -0.1) is 0 Å². The molecule has 2 nitrogen and oxygen atoms in total. The summed E-state index contributed by atoms with van der Waals surface area (Å²) in [5.41, 5.74) is 0. The molecule has 0 bridgehead atoms. The third kappa shape index (κ3) is 7.72. The zero-order valence-electron chi connectivity index (χ0n) is 13.8. The van der Waals surface area contributed by atoms with Crippen LogP contribution in [-0.4, -0.2) is 5.11 Å². The molecule has 2 heteroatoms. The zero-order chi connectivity index (χ0) is 16.0. The Hall–Kier alpha value is -1.96. The van der Waals surface area contributed by atoms with Gasteiger partial charge in [0.1, 0.15) is 5.75 Å². The van der Waals surface area contributed by atoms with Gasteiger partial charge in [0.25, 0.3) is 0 Å². The molecule has 22 heavy (non-hydrogen) atoms. The van der Waals surface area contributed by atoms with E-state index in [0.29, 0.717) is 11.5 Å². The minimum Gasteiger partial charge on any atom is -0.504 e. The van der Waals surface area contributed by atoms with E-state index in [1.165, 1.54) is 38.5 Å². The number of phenolic OH excluding ortho intramolecular Hbond substituents is 1. The second-order valence-electron chi connectivity index (χ2n) is 5.30. The molecule has 0 saturated heterocycles. The molecule has 2 aromatic rings. The van der Waals surface area contributed by atoms with Crippen molar-refractivity contribution in [3.63, 3.8) is 0 Å². The molecule has 0 saturated carbocycles. The number of rotatable bonds is 7. The number of phenols is 1. The van der Waals surface area contributed by atoms with E-state index in [1.54, 1.807) is 18.2 Å². The molecule has 0 atom stereocenters. The van der Waals surface area contributed by atoms with E-state index >= 15 is 0 Å². The highest BCUT2D eigenvalue weighted by Gasteiger charge is 2.00. The number of para-hydroxylation sites is 3. The molecule has 2 rings (SSSR count). The van der Waals surface area contributed by atoms with E-state index in [0.717, 1.165) is 0 Å². The minimum atomic E-state index is 0.149. The fraction of sp³-hybridized carbons (Fsp3) is 0.400. The lowest BCUT2D eigenvalue weighted by Crippen LogP contribution is -1.83. The molecule has 1 N–H and O–H groups in total. The number of ether oxygens (including phenoxy) is 1. The van der Waals surface area contributed by atoms with Crippen LogP contribution in [0.2, 0.25) is 0 Å². The van der Waals surface area contributed by atoms with E-state index in [9.17, 15) is 5.11 Å². The fourth-order valence-corrected chi connectivity index (χ4v) is 2.01. The van der Waals surface area contributed by atoms with Crippen LogP contribution in [0.15, 0.2) is 54.6 Å². The summed E-state index contributed by atoms with van der Waals surface area (Å²) < 4.78 is 5.46. The van der Waals surface area contributed by atoms with E-state index in [2.05, 4.69) is 13.8 Å². The molecule has 0 radical (unpaired) electrons. The van der Waals surface area contributed by atoms with Gasteiger partial charge >= 0.3 is 0 Å². The van der Waals surface area contributed by atoms with Crippen LogP contribution in [0.3, 0.4) is 0 Å². The number of benzene rings is 2. The lowest BCUT2D eigenvalue weighted by molar-refractivity contribution is 0.411. The summed E-state index contributed by atoms with van der Waals surface area (Å²) >= 11 is 0. The summed E-state index contributed by atoms with van der Waals surface area (Å²) in [6.07, 6.45) is 8.49. The molecular weight excluding hydrogens is 272 g/mol. The predicted molar refractivity (Wildman–Crippen MR) is 93.7 cm³/mol. The van der Waals surface area contributed by atoms with E-state index < -0.39 is 0 Å². The molecule has 0 aliphatic heterocycles. The second-order valence-corrected chi connectivity index (χ2v) is 5.30. The van der Waals surface area contributed by atoms with Crippen LogP contribution < -0.4 is 4.74 Å². The van der Waals surface area contributed by atoms with Crippen LogP contribution in [0.4, 0.5) is 0 Å². The van der Waals surface area contributed by atoms with Gasteiger partial charge in [0.05, 0.1) is 0 Å². The normalized spacial score (nSPS) is 9.73. The maximum atomic E-state index is 9.45. The Labute approximate surface area is 134 Å². The molecule has 0 spiro atoms. The Morgan fingerprint density at radius 1 is 0.727 bits per heavy atom. The minimum absolute atomic E-state index is 0.149. The third-order valence-electron chi connectivity index (χ3n) is 3.29. The fourth-order valence-electron chi connectivity index (χ4n) is 2.01. The molecule has 0 unspecified atom stereocenters. The van der Waals surface area contributed by atoms with E-state index in [-0.39, 0.29) is 5.75 Å². The van der Waals surface area contributed by atoms with Crippen molar-refractivity contribution in [1.29, 1.82) is 0 Å². The van der Waals surface area contributed by atoms with Crippen molar-refractivity contribution >= 4 is 0 Å². The van der Waals surface area contributed by atoms with Crippen LogP contribution in [0.25, 0.3) is 0 Å². The Morgan fingerprint density at radius 3 is 1.82 bits per heavy atom. The zero-order valence-corrected chi connectivity index (χ0v) is 13.8. The highest BCUT2D eigenvalue weighted by Crippen LogP contribution is 2.29. The van der Waals surface area contributed by atoms with Crippen LogP contribution in [0.1, 0.15) is 52.4 Å². The monoisotopic (exact) mass is 300 g/mol. The Bertz CT molecular complexity index is 488. The summed E-state index contributed by atoms with van der Waals surface area (Å²) in [5, 5.41) is 9.45. The second kappa shape index (κ2) is 11.7. The highest BCUT2D eigenvalue weighted by molar-refractivity contribution is 5.41. The Balaban J connectivity index is 0.000000261. The number of hydrogen-bond acceptors (Lipinski definition) is 2. The van der Waals surface area contributed by atoms with Crippen LogP contribution in [-0.2, 0) is 0 Å². The largest absolute Gasteiger partial charge is 0.504 e. The van der Waals surface area contributed by atoms with Crippen molar-refractivity contribution in [1.82, 2.24) is 0 Å². The SMILES string of the molecule is CCCCCCCC.Oc1ccccc1Oc1ccccc1. The van der Waals surface area contributed by atoms with Crippen molar-refractivity contribution in [2.45, 2.75) is 52.4 Å². The summed E-state index contributed by atoms with van der Waals surface area (Å²) in [6.45, 7) is 4.51. The molecule has 0 heterocycles. The van der Waals surface area contributed by atoms with Crippen molar-refractivity contribution in [3.05, 3.63) is 54.6 Å². The Morgan fingerprint density at radius 2 is 1.27 bits per heavy atom. The van der Waals surface area contributed by atoms with Gasteiger partial charge in [-0.1, -0.05) is 82.7 Å². The molecule has 2 aromatic carbocycles. The van der Waals surface area contributed by atoms with E-state index in [1.807, 2.05) is 36.4 Å². The van der Waals surface area contributed by atoms with Gasteiger partial charge in [-0.3, -0.25) is 0 Å². The summed E-state index contributed by atoms with van der Waals surface area (Å²) in [7, 11) is 0. The average molecular weight is 300 g/mol. The van der Waals surface area contributed by atoms with Gasteiger partial charge in [0.15, 0.2) is 11.5 Å². The predicted octanol–water partition coefficient (Wildman–Crippen LogP) is 6.55. The van der Waals surface area contributed by atoms with Gasteiger partial charge in [-0.25, -0.2) is 0 Å². The number of hydrogen-bond donors (Lipinski definition) is 1. The number of aromatic hydroxyl groups is 1. The van der Waals surface area contributed by atoms with Gasteiger partial charge in [0, 0.05) is 0 Å². The average Bonchev–Trinajstić information content (AvgIpc) is 2.56. The molecule has 0 aliphatic carbocycles. The Kier molecular flexibility index (Phi) is 9.60.